The molecule has 1 heterocycles. The smallest absolute Gasteiger partial charge is 0.0703 e. The van der Waals surface area contributed by atoms with Gasteiger partial charge in [-0.05, 0) is 70.0 Å². The van der Waals surface area contributed by atoms with Crippen molar-refractivity contribution in [2.24, 2.45) is 4.99 Å². The first-order valence-corrected chi connectivity index (χ1v) is 14.9. The summed E-state index contributed by atoms with van der Waals surface area (Å²) in [5.74, 6) is 1.70. The zero-order chi connectivity index (χ0) is 28.8. The molecular formula is C37H47N3. The molecule has 0 saturated carbocycles. The lowest BCUT2D eigenvalue weighted by molar-refractivity contribution is 0.738. The summed E-state index contributed by atoms with van der Waals surface area (Å²) in [6, 6.07) is 28.5. The molecule has 1 unspecified atom stereocenters. The molecule has 0 aliphatic heterocycles. The second kappa shape index (κ2) is 13.2. The van der Waals surface area contributed by atoms with Gasteiger partial charge >= 0.3 is 0 Å². The maximum atomic E-state index is 5.06. The molecule has 1 aromatic heterocycles. The number of H-pyrrole nitrogens is 1. The van der Waals surface area contributed by atoms with Gasteiger partial charge in [0.15, 0.2) is 0 Å². The average Bonchev–Trinajstić information content (AvgIpc) is 3.40. The molecule has 3 nitrogen and oxygen atoms in total. The van der Waals surface area contributed by atoms with Crippen LogP contribution in [0.3, 0.4) is 0 Å². The van der Waals surface area contributed by atoms with Crippen LogP contribution in [0.25, 0.3) is 0 Å². The number of aromatic nitrogens is 1. The van der Waals surface area contributed by atoms with E-state index in [0.29, 0.717) is 23.7 Å². The molecule has 1 atom stereocenters. The van der Waals surface area contributed by atoms with Gasteiger partial charge in [0.1, 0.15) is 0 Å². The predicted molar refractivity (Wildman–Crippen MR) is 174 cm³/mol. The molecule has 0 radical (unpaired) electrons. The summed E-state index contributed by atoms with van der Waals surface area (Å²) >= 11 is 0. The molecule has 0 bridgehead atoms. The lowest BCUT2D eigenvalue weighted by Gasteiger charge is -2.26. The quantitative estimate of drug-likeness (QED) is 0.185. The lowest BCUT2D eigenvalue weighted by atomic mass is 9.91. The Kier molecular flexibility index (Phi) is 9.68. The predicted octanol–water partition coefficient (Wildman–Crippen LogP) is 10.7. The topological polar surface area (TPSA) is 40.2 Å². The van der Waals surface area contributed by atoms with Crippen molar-refractivity contribution in [1.82, 2.24) is 4.98 Å². The van der Waals surface area contributed by atoms with E-state index in [9.17, 15) is 0 Å². The molecular weight excluding hydrogens is 486 g/mol. The Morgan fingerprint density at radius 1 is 0.625 bits per heavy atom. The van der Waals surface area contributed by atoms with E-state index in [0.717, 1.165) is 17.8 Å². The Hall–Kier alpha value is -3.59. The fourth-order valence-corrected chi connectivity index (χ4v) is 5.48. The number of anilines is 1. The van der Waals surface area contributed by atoms with E-state index >= 15 is 0 Å². The molecule has 210 valence electrons. The molecule has 40 heavy (non-hydrogen) atoms. The van der Waals surface area contributed by atoms with Crippen LogP contribution in [0.1, 0.15) is 124 Å². The van der Waals surface area contributed by atoms with Gasteiger partial charge < -0.3 is 10.3 Å². The van der Waals surface area contributed by atoms with Crippen molar-refractivity contribution in [2.45, 2.75) is 91.5 Å². The number of rotatable bonds is 11. The Labute approximate surface area is 242 Å². The highest BCUT2D eigenvalue weighted by Crippen LogP contribution is 2.37. The number of nitrogens with zero attached hydrogens (tertiary/aromatic N) is 1. The van der Waals surface area contributed by atoms with Crippen LogP contribution in [0, 0.1) is 0 Å². The van der Waals surface area contributed by atoms with E-state index in [1.54, 1.807) is 0 Å². The first-order valence-electron chi connectivity index (χ1n) is 14.9. The molecule has 3 heteroatoms. The molecule has 2 N–H and O–H groups in total. The average molecular weight is 534 g/mol. The van der Waals surface area contributed by atoms with Crippen LogP contribution in [-0.2, 0) is 6.42 Å². The van der Waals surface area contributed by atoms with E-state index in [2.05, 4.69) is 145 Å². The van der Waals surface area contributed by atoms with Gasteiger partial charge in [-0.3, -0.25) is 4.99 Å². The summed E-state index contributed by atoms with van der Waals surface area (Å²) in [6.45, 7) is 18.1. The fraction of sp³-hybridized carbons (Fsp3) is 0.378. The number of aromatic amines is 1. The third-order valence-corrected chi connectivity index (χ3v) is 7.76. The third-order valence-electron chi connectivity index (χ3n) is 7.76. The van der Waals surface area contributed by atoms with Crippen molar-refractivity contribution < 1.29 is 0 Å². The van der Waals surface area contributed by atoms with Gasteiger partial charge in [-0.1, -0.05) is 122 Å². The van der Waals surface area contributed by atoms with E-state index < -0.39 is 0 Å². The first-order chi connectivity index (χ1) is 19.2. The van der Waals surface area contributed by atoms with Crippen LogP contribution in [0.4, 0.5) is 11.4 Å². The van der Waals surface area contributed by atoms with Crippen molar-refractivity contribution in [1.29, 1.82) is 0 Å². The molecule has 4 aromatic rings. The second-order valence-electron chi connectivity index (χ2n) is 12.2. The van der Waals surface area contributed by atoms with Crippen LogP contribution in [0.5, 0.6) is 0 Å². The van der Waals surface area contributed by atoms with Gasteiger partial charge in [0.25, 0.3) is 0 Å². The number of aliphatic imine (C=N–C) groups is 1. The van der Waals surface area contributed by atoms with Crippen LogP contribution in [0.15, 0.2) is 83.9 Å². The molecule has 3 aromatic carbocycles. The molecule has 0 spiro atoms. The van der Waals surface area contributed by atoms with E-state index in [1.165, 1.54) is 39.2 Å². The molecule has 0 saturated heterocycles. The van der Waals surface area contributed by atoms with Crippen LogP contribution >= 0.6 is 0 Å². The van der Waals surface area contributed by atoms with Gasteiger partial charge in [-0.25, -0.2) is 0 Å². The highest BCUT2D eigenvalue weighted by atomic mass is 15.0. The minimum Gasteiger partial charge on any atom is -0.376 e. The minimum atomic E-state index is 0.0936. The number of benzene rings is 3. The van der Waals surface area contributed by atoms with Gasteiger partial charge in [0, 0.05) is 11.4 Å². The Balaban J connectivity index is 1.72. The summed E-state index contributed by atoms with van der Waals surface area (Å²) in [4.78, 5) is 8.76. The maximum absolute atomic E-state index is 5.06. The van der Waals surface area contributed by atoms with Crippen molar-refractivity contribution >= 4 is 17.6 Å². The third kappa shape index (κ3) is 6.94. The molecule has 0 aliphatic rings. The molecule has 0 aliphatic carbocycles. The van der Waals surface area contributed by atoms with Gasteiger partial charge in [-0.15, -0.1) is 0 Å². The van der Waals surface area contributed by atoms with Gasteiger partial charge in [-0.2, -0.15) is 0 Å². The highest BCUT2D eigenvalue weighted by molar-refractivity contribution is 5.81. The highest BCUT2D eigenvalue weighted by Gasteiger charge is 2.20. The second-order valence-corrected chi connectivity index (χ2v) is 12.2. The van der Waals surface area contributed by atoms with Crippen molar-refractivity contribution in [3.63, 3.8) is 0 Å². The summed E-state index contributed by atoms with van der Waals surface area (Å²) in [7, 11) is 0. The standard InChI is InChI=1S/C37H47N3/c1-24(2)30-16-12-17-31(25(3)4)36(30)38-23-29-20-21-34(39-29)35(22-28-14-10-9-11-15-28)40-37-32(26(5)6)18-13-19-33(37)27(7)8/h9-21,23-27,35,39-40H,22H2,1-8H3. The normalized spacial score (nSPS) is 12.8. The first kappa shape index (κ1) is 29.4. The van der Waals surface area contributed by atoms with Crippen molar-refractivity contribution in [3.8, 4) is 0 Å². The zero-order valence-corrected chi connectivity index (χ0v) is 25.6. The summed E-state index contributed by atoms with van der Waals surface area (Å²) in [5, 5.41) is 4.00. The largest absolute Gasteiger partial charge is 0.376 e. The van der Waals surface area contributed by atoms with Crippen molar-refractivity contribution in [2.75, 3.05) is 5.32 Å². The molecule has 4 rings (SSSR count). The molecule has 0 amide bonds. The Morgan fingerprint density at radius 2 is 1.15 bits per heavy atom. The van der Waals surface area contributed by atoms with E-state index in [1.807, 2.05) is 6.21 Å². The summed E-state index contributed by atoms with van der Waals surface area (Å²) in [5.41, 5.74) is 11.2. The Morgan fingerprint density at radius 3 is 1.68 bits per heavy atom. The minimum absolute atomic E-state index is 0.0936. The number of hydrogen-bond donors (Lipinski definition) is 2. The molecule has 0 fully saturated rings. The van der Waals surface area contributed by atoms with Gasteiger partial charge in [0.2, 0.25) is 0 Å². The van der Waals surface area contributed by atoms with Crippen LogP contribution in [-0.4, -0.2) is 11.2 Å². The fourth-order valence-electron chi connectivity index (χ4n) is 5.48. The monoisotopic (exact) mass is 533 g/mol. The summed E-state index contributed by atoms with van der Waals surface area (Å²) < 4.78 is 0. The number of hydrogen-bond acceptors (Lipinski definition) is 2. The maximum Gasteiger partial charge on any atom is 0.0703 e. The number of nitrogens with one attached hydrogen (secondary N) is 2. The van der Waals surface area contributed by atoms with Crippen LogP contribution < -0.4 is 5.32 Å². The Bertz CT molecular complexity index is 1350. The van der Waals surface area contributed by atoms with Crippen LogP contribution in [0.2, 0.25) is 0 Å². The number of para-hydroxylation sites is 2. The van der Waals surface area contributed by atoms with E-state index in [-0.39, 0.29) is 6.04 Å². The SMILES string of the molecule is CC(C)c1cccc(C(C)C)c1N=Cc1ccc(C(Cc2ccccc2)Nc2c(C(C)C)cccc2C(C)C)[nH]1. The summed E-state index contributed by atoms with van der Waals surface area (Å²) in [6.07, 6.45) is 2.88. The zero-order valence-electron chi connectivity index (χ0n) is 25.6. The van der Waals surface area contributed by atoms with E-state index in [4.69, 9.17) is 4.99 Å². The van der Waals surface area contributed by atoms with Crippen molar-refractivity contribution in [3.05, 3.63) is 118 Å². The lowest BCUT2D eigenvalue weighted by Crippen LogP contribution is -2.17. The van der Waals surface area contributed by atoms with Gasteiger partial charge in [0.05, 0.1) is 23.6 Å².